The highest BCUT2D eigenvalue weighted by Crippen LogP contribution is 2.36. The van der Waals surface area contributed by atoms with Crippen molar-refractivity contribution in [1.82, 2.24) is 25.3 Å². The van der Waals surface area contributed by atoms with Crippen LogP contribution in [0.1, 0.15) is 94.4 Å². The second-order valence-corrected chi connectivity index (χ2v) is 16.0. The van der Waals surface area contributed by atoms with Gasteiger partial charge in [0, 0.05) is 38.3 Å². The summed E-state index contributed by atoms with van der Waals surface area (Å²) in [6.45, 7) is 16.1. The van der Waals surface area contributed by atoms with Crippen LogP contribution in [0.15, 0.2) is 66.7 Å². The standard InChI is InChI=1S/C28H40N4O3.C17H23NO5/c1-19(2)31(20(3)4)17-15-30-27(33)26-24-13-12-23(35-6)18-22(24)14-16-32(26)28(34)25(29-5)21-10-8-7-9-11-21;1-17(2,3)23-16(20)18-9-8-11-10-12(21-4)6-7-13(11)14(18)15(19)22-5/h7-13,18-20,25-26,29H,14-17H2,1-6H3,(H,30,33);6-7,10,14H,8-9H2,1-5H3. The van der Waals surface area contributed by atoms with E-state index in [4.69, 9.17) is 18.9 Å². The fraction of sp³-hybridized carbons (Fsp3) is 0.511. The van der Waals surface area contributed by atoms with Gasteiger partial charge in [-0.2, -0.15) is 0 Å². The number of nitrogens with zero attached hydrogens (tertiary/aromatic N) is 3. The normalized spacial score (nSPS) is 16.7. The number of ether oxygens (including phenoxy) is 4. The van der Waals surface area contributed by atoms with Gasteiger partial charge in [0.15, 0.2) is 6.04 Å². The van der Waals surface area contributed by atoms with Crippen LogP contribution in [0.2, 0.25) is 0 Å². The number of fused-ring (bicyclic) bond motifs is 2. The van der Waals surface area contributed by atoms with Gasteiger partial charge in [0.2, 0.25) is 11.8 Å². The highest BCUT2D eigenvalue weighted by molar-refractivity contribution is 5.92. The van der Waals surface area contributed by atoms with E-state index < -0.39 is 35.8 Å². The SMILES string of the molecule is CNC(C(=O)N1CCc2cc(OC)ccc2C1C(=O)NCCN(C(C)C)C(C)C)c1ccccc1.COC(=O)C1c2ccc(OC)cc2CCN1C(=O)OC(C)(C)C. The van der Waals surface area contributed by atoms with Crippen molar-refractivity contribution in [3.8, 4) is 11.5 Å². The topological polar surface area (TPSA) is 139 Å². The molecule has 13 nitrogen and oxygen atoms in total. The van der Waals surface area contributed by atoms with Crippen molar-refractivity contribution in [3.05, 3.63) is 94.5 Å². The second-order valence-electron chi connectivity index (χ2n) is 16.0. The first-order chi connectivity index (χ1) is 27.5. The van der Waals surface area contributed by atoms with Crippen molar-refractivity contribution in [2.24, 2.45) is 0 Å². The van der Waals surface area contributed by atoms with Crippen LogP contribution in [0.5, 0.6) is 11.5 Å². The summed E-state index contributed by atoms with van der Waals surface area (Å²) in [7, 11) is 6.32. The number of hydrogen-bond acceptors (Lipinski definition) is 10. The molecule has 0 bridgehead atoms. The van der Waals surface area contributed by atoms with E-state index in [1.165, 1.54) is 12.0 Å². The van der Waals surface area contributed by atoms with Crippen LogP contribution >= 0.6 is 0 Å². The summed E-state index contributed by atoms with van der Waals surface area (Å²) in [5, 5.41) is 6.27. The van der Waals surface area contributed by atoms with Crippen LogP contribution in [-0.2, 0) is 36.7 Å². The van der Waals surface area contributed by atoms with E-state index in [2.05, 4.69) is 43.2 Å². The molecule has 0 fully saturated rings. The number of benzene rings is 3. The first kappa shape index (κ1) is 45.6. The fourth-order valence-corrected chi connectivity index (χ4v) is 7.63. The fourth-order valence-electron chi connectivity index (χ4n) is 7.63. The number of carbonyl (C=O) groups is 4. The first-order valence-corrected chi connectivity index (χ1v) is 20.0. The molecule has 2 aliphatic rings. The second kappa shape index (κ2) is 20.5. The number of rotatable bonds is 12. The molecular formula is C45H63N5O8. The van der Waals surface area contributed by atoms with Crippen LogP contribution in [0.25, 0.3) is 0 Å². The van der Waals surface area contributed by atoms with Gasteiger partial charge in [-0.1, -0.05) is 42.5 Å². The van der Waals surface area contributed by atoms with Crippen LogP contribution in [-0.4, -0.2) is 111 Å². The Labute approximate surface area is 344 Å². The van der Waals surface area contributed by atoms with E-state index >= 15 is 0 Å². The Morgan fingerprint density at radius 3 is 1.79 bits per heavy atom. The number of methoxy groups -OCH3 is 3. The number of esters is 1. The molecule has 58 heavy (non-hydrogen) atoms. The zero-order valence-electron chi connectivity index (χ0n) is 36.1. The molecule has 2 N–H and O–H groups in total. The quantitative estimate of drug-likeness (QED) is 0.209. The molecule has 13 heteroatoms. The van der Waals surface area contributed by atoms with E-state index in [0.717, 1.165) is 45.9 Å². The summed E-state index contributed by atoms with van der Waals surface area (Å²) in [4.78, 5) is 57.6. The van der Waals surface area contributed by atoms with Crippen LogP contribution in [0.4, 0.5) is 4.79 Å². The summed E-state index contributed by atoms with van der Waals surface area (Å²) >= 11 is 0. The first-order valence-electron chi connectivity index (χ1n) is 20.0. The van der Waals surface area contributed by atoms with Crippen molar-refractivity contribution in [2.75, 3.05) is 54.6 Å². The summed E-state index contributed by atoms with van der Waals surface area (Å²) < 4.78 is 20.9. The molecule has 3 aromatic rings. The largest absolute Gasteiger partial charge is 0.497 e. The molecule has 316 valence electrons. The van der Waals surface area contributed by atoms with E-state index in [9.17, 15) is 19.2 Å². The van der Waals surface area contributed by atoms with Gasteiger partial charge >= 0.3 is 12.1 Å². The smallest absolute Gasteiger partial charge is 0.411 e. The maximum absolute atomic E-state index is 13.8. The number of amides is 3. The third-order valence-corrected chi connectivity index (χ3v) is 10.4. The molecule has 3 aromatic carbocycles. The molecule has 0 aromatic heterocycles. The van der Waals surface area contributed by atoms with Crippen molar-refractivity contribution >= 4 is 23.9 Å². The third-order valence-electron chi connectivity index (χ3n) is 10.4. The predicted octanol–water partition coefficient (Wildman–Crippen LogP) is 6.02. The molecule has 0 aliphatic carbocycles. The Balaban J connectivity index is 0.000000280. The maximum Gasteiger partial charge on any atom is 0.411 e. The summed E-state index contributed by atoms with van der Waals surface area (Å²) in [6, 6.07) is 19.6. The highest BCUT2D eigenvalue weighted by atomic mass is 16.6. The Bertz CT molecular complexity index is 1850. The zero-order valence-corrected chi connectivity index (χ0v) is 36.1. The average molecular weight is 802 g/mol. The van der Waals surface area contributed by atoms with E-state index in [1.807, 2.05) is 54.6 Å². The molecule has 0 radical (unpaired) electrons. The van der Waals surface area contributed by atoms with Crippen LogP contribution < -0.4 is 20.1 Å². The third kappa shape index (κ3) is 11.3. The van der Waals surface area contributed by atoms with E-state index in [1.54, 1.807) is 59.1 Å². The van der Waals surface area contributed by atoms with Gasteiger partial charge in [-0.3, -0.25) is 19.4 Å². The minimum atomic E-state index is -0.801. The van der Waals surface area contributed by atoms with Crippen molar-refractivity contribution in [2.45, 2.75) is 97.1 Å². The average Bonchev–Trinajstić information content (AvgIpc) is 3.20. The predicted molar refractivity (Wildman–Crippen MR) is 224 cm³/mol. The van der Waals surface area contributed by atoms with Crippen molar-refractivity contribution < 1.29 is 38.1 Å². The van der Waals surface area contributed by atoms with E-state index in [-0.39, 0.29) is 11.8 Å². The minimum Gasteiger partial charge on any atom is -0.497 e. The summed E-state index contributed by atoms with van der Waals surface area (Å²) in [5.41, 5.74) is 3.87. The number of nitrogens with one attached hydrogen (secondary N) is 2. The molecule has 2 heterocycles. The van der Waals surface area contributed by atoms with Crippen LogP contribution in [0, 0.1) is 0 Å². The molecule has 3 amide bonds. The van der Waals surface area contributed by atoms with Gasteiger partial charge < -0.3 is 34.5 Å². The molecule has 0 spiro atoms. The molecule has 0 saturated heterocycles. The van der Waals surface area contributed by atoms with Crippen molar-refractivity contribution in [1.29, 1.82) is 0 Å². The van der Waals surface area contributed by atoms with Gasteiger partial charge in [-0.15, -0.1) is 0 Å². The molecule has 3 unspecified atom stereocenters. The molecule has 5 rings (SSSR count). The molecule has 3 atom stereocenters. The number of likely N-dealkylation sites (N-methyl/N-ethyl adjacent to an activating group) is 1. The van der Waals surface area contributed by atoms with Gasteiger partial charge in [-0.05, 0) is 120 Å². The van der Waals surface area contributed by atoms with Gasteiger partial charge in [0.05, 0.1) is 21.3 Å². The van der Waals surface area contributed by atoms with E-state index in [0.29, 0.717) is 44.6 Å². The lowest BCUT2D eigenvalue weighted by molar-refractivity contribution is -0.147. The van der Waals surface area contributed by atoms with Crippen LogP contribution in [0.3, 0.4) is 0 Å². The Morgan fingerprint density at radius 2 is 1.31 bits per heavy atom. The lowest BCUT2D eigenvalue weighted by Gasteiger charge is -2.38. The van der Waals surface area contributed by atoms with Gasteiger partial charge in [0.25, 0.3) is 0 Å². The number of carbonyl (C=O) groups excluding carboxylic acids is 4. The summed E-state index contributed by atoms with van der Waals surface area (Å²) in [6.07, 6.45) is 0.774. The summed E-state index contributed by atoms with van der Waals surface area (Å²) in [5.74, 6) is 0.732. The molecule has 0 saturated carbocycles. The zero-order chi connectivity index (χ0) is 42.7. The lowest BCUT2D eigenvalue weighted by Crippen LogP contribution is -2.51. The minimum absolute atomic E-state index is 0.105. The monoisotopic (exact) mass is 801 g/mol. The van der Waals surface area contributed by atoms with Crippen molar-refractivity contribution in [3.63, 3.8) is 0 Å². The highest BCUT2D eigenvalue weighted by Gasteiger charge is 2.40. The molecular weight excluding hydrogens is 739 g/mol. The number of hydrogen-bond donors (Lipinski definition) is 2. The van der Waals surface area contributed by atoms with Gasteiger partial charge in [0.1, 0.15) is 29.2 Å². The van der Waals surface area contributed by atoms with Gasteiger partial charge in [-0.25, -0.2) is 9.59 Å². The Kier molecular flexibility index (Phi) is 16.1. The lowest BCUT2D eigenvalue weighted by atomic mass is 9.90. The maximum atomic E-state index is 13.8. The molecule has 2 aliphatic heterocycles. The Morgan fingerprint density at radius 1 is 0.776 bits per heavy atom. The Hall–Kier alpha value is -5.14.